The molecule has 0 aromatic carbocycles. The fourth-order valence-corrected chi connectivity index (χ4v) is 3.03. The lowest BCUT2D eigenvalue weighted by Crippen LogP contribution is -2.34. The van der Waals surface area contributed by atoms with Gasteiger partial charge in [0.1, 0.15) is 5.82 Å². The van der Waals surface area contributed by atoms with Crippen LogP contribution < -0.4 is 4.90 Å². The Bertz CT molecular complexity index is 632. The number of anilines is 1. The summed E-state index contributed by atoms with van der Waals surface area (Å²) in [7, 11) is 4.03. The van der Waals surface area contributed by atoms with Crippen LogP contribution >= 0.6 is 0 Å². The minimum absolute atomic E-state index is 0.693. The number of nitrogens with zero attached hydrogens (tertiary/aromatic N) is 6. The Balaban J connectivity index is 1.88. The zero-order valence-electron chi connectivity index (χ0n) is 13.4. The van der Waals surface area contributed by atoms with Crippen LogP contribution in [0.25, 0.3) is 5.78 Å². The molecule has 0 aliphatic carbocycles. The molecule has 1 atom stereocenters. The number of aryl methyl sites for hydroxylation is 1. The van der Waals surface area contributed by atoms with Gasteiger partial charge in [0.2, 0.25) is 0 Å². The average Bonchev–Trinajstić information content (AvgIpc) is 2.79. The molecule has 2 aromatic rings. The van der Waals surface area contributed by atoms with Gasteiger partial charge in [-0.25, -0.2) is 4.98 Å². The fourth-order valence-electron chi connectivity index (χ4n) is 3.03. The molecule has 6 nitrogen and oxygen atoms in total. The van der Waals surface area contributed by atoms with Gasteiger partial charge in [0.15, 0.2) is 5.82 Å². The zero-order chi connectivity index (χ0) is 15.0. The minimum Gasteiger partial charge on any atom is -0.363 e. The van der Waals surface area contributed by atoms with Crippen molar-refractivity contribution in [1.82, 2.24) is 24.5 Å². The van der Waals surface area contributed by atoms with Crippen LogP contribution in [-0.2, 0) is 6.54 Å². The SMILES string of the molecule is Cc1cc(N(C)C)n2nc(CN3CCC[C@@H](C)C3)nc2n1. The van der Waals surface area contributed by atoms with Gasteiger partial charge in [-0.2, -0.15) is 9.50 Å². The van der Waals surface area contributed by atoms with Crippen LogP contribution in [0, 0.1) is 12.8 Å². The van der Waals surface area contributed by atoms with E-state index in [1.807, 2.05) is 36.5 Å². The summed E-state index contributed by atoms with van der Waals surface area (Å²) in [5.41, 5.74) is 0.969. The monoisotopic (exact) mass is 288 g/mol. The van der Waals surface area contributed by atoms with E-state index in [-0.39, 0.29) is 0 Å². The van der Waals surface area contributed by atoms with Crippen LogP contribution in [0.2, 0.25) is 0 Å². The molecule has 0 saturated carbocycles. The molecule has 114 valence electrons. The fraction of sp³-hybridized carbons (Fsp3) is 0.667. The Morgan fingerprint density at radius 2 is 2.14 bits per heavy atom. The molecule has 6 heteroatoms. The van der Waals surface area contributed by atoms with Crippen LogP contribution in [0.1, 0.15) is 31.3 Å². The van der Waals surface area contributed by atoms with Crippen molar-refractivity contribution in [3.8, 4) is 0 Å². The van der Waals surface area contributed by atoms with Gasteiger partial charge in [0.05, 0.1) is 6.54 Å². The Hall–Kier alpha value is -1.69. The standard InChI is InChI=1S/C15H24N6/c1-11-6-5-7-20(9-11)10-13-17-15-16-12(2)8-14(19(3)4)21(15)18-13/h8,11H,5-7,9-10H2,1-4H3/t11-/m1/s1. The minimum atomic E-state index is 0.693. The molecule has 3 heterocycles. The highest BCUT2D eigenvalue weighted by molar-refractivity contribution is 5.46. The van der Waals surface area contributed by atoms with Crippen LogP contribution in [0.5, 0.6) is 0 Å². The maximum absolute atomic E-state index is 4.65. The average molecular weight is 288 g/mol. The lowest BCUT2D eigenvalue weighted by Gasteiger charge is -2.29. The first-order valence-electron chi connectivity index (χ1n) is 7.66. The summed E-state index contributed by atoms with van der Waals surface area (Å²) in [5.74, 6) is 3.35. The zero-order valence-corrected chi connectivity index (χ0v) is 13.4. The second-order valence-electron chi connectivity index (χ2n) is 6.37. The summed E-state index contributed by atoms with van der Waals surface area (Å²) in [4.78, 5) is 13.6. The van der Waals surface area contributed by atoms with Gasteiger partial charge in [-0.15, -0.1) is 5.10 Å². The van der Waals surface area contributed by atoms with E-state index in [1.54, 1.807) is 0 Å². The Labute approximate surface area is 125 Å². The first-order valence-corrected chi connectivity index (χ1v) is 7.66. The normalized spacial score (nSPS) is 20.1. The number of hydrogen-bond donors (Lipinski definition) is 0. The Kier molecular flexibility index (Phi) is 3.80. The number of fused-ring (bicyclic) bond motifs is 1. The molecule has 3 rings (SSSR count). The molecule has 0 radical (unpaired) electrons. The van der Waals surface area contributed by atoms with E-state index in [0.29, 0.717) is 5.78 Å². The quantitative estimate of drug-likeness (QED) is 0.861. The molecule has 0 bridgehead atoms. The predicted molar refractivity (Wildman–Crippen MR) is 83.5 cm³/mol. The summed E-state index contributed by atoms with van der Waals surface area (Å²) >= 11 is 0. The van der Waals surface area contributed by atoms with Crippen molar-refractivity contribution >= 4 is 11.6 Å². The van der Waals surface area contributed by atoms with Crippen molar-refractivity contribution in [2.24, 2.45) is 5.92 Å². The molecule has 1 aliphatic heterocycles. The third kappa shape index (κ3) is 3.00. The number of likely N-dealkylation sites (tertiary alicyclic amines) is 1. The van der Waals surface area contributed by atoms with Gasteiger partial charge >= 0.3 is 0 Å². The van der Waals surface area contributed by atoms with E-state index in [1.165, 1.54) is 12.8 Å². The van der Waals surface area contributed by atoms with Gasteiger partial charge < -0.3 is 4.90 Å². The summed E-state index contributed by atoms with van der Waals surface area (Å²) in [6.45, 7) is 7.42. The largest absolute Gasteiger partial charge is 0.363 e. The highest BCUT2D eigenvalue weighted by Crippen LogP contribution is 2.18. The van der Waals surface area contributed by atoms with Crippen molar-refractivity contribution in [2.45, 2.75) is 33.2 Å². The molecule has 0 amide bonds. The lowest BCUT2D eigenvalue weighted by molar-refractivity contribution is 0.173. The van der Waals surface area contributed by atoms with Gasteiger partial charge in [-0.3, -0.25) is 4.90 Å². The Morgan fingerprint density at radius 1 is 1.33 bits per heavy atom. The molecule has 1 saturated heterocycles. The van der Waals surface area contributed by atoms with Crippen molar-refractivity contribution in [3.05, 3.63) is 17.6 Å². The van der Waals surface area contributed by atoms with E-state index in [9.17, 15) is 0 Å². The first kappa shape index (κ1) is 14.3. The first-order chi connectivity index (χ1) is 10.0. The molecule has 1 aliphatic rings. The Morgan fingerprint density at radius 3 is 2.86 bits per heavy atom. The maximum Gasteiger partial charge on any atom is 0.254 e. The molecule has 1 fully saturated rings. The second kappa shape index (κ2) is 5.60. The third-order valence-electron chi connectivity index (χ3n) is 4.03. The van der Waals surface area contributed by atoms with E-state index in [4.69, 9.17) is 0 Å². The summed E-state index contributed by atoms with van der Waals surface area (Å²) < 4.78 is 1.84. The van der Waals surface area contributed by atoms with E-state index in [2.05, 4.69) is 26.9 Å². The van der Waals surface area contributed by atoms with Gasteiger partial charge in [-0.1, -0.05) is 6.92 Å². The maximum atomic E-state index is 4.65. The molecule has 2 aromatic heterocycles. The number of aromatic nitrogens is 4. The summed E-state index contributed by atoms with van der Waals surface area (Å²) in [5, 5.41) is 4.65. The topological polar surface area (TPSA) is 49.6 Å². The van der Waals surface area contributed by atoms with Gasteiger partial charge in [0.25, 0.3) is 5.78 Å². The summed E-state index contributed by atoms with van der Waals surface area (Å²) in [6, 6.07) is 2.04. The van der Waals surface area contributed by atoms with E-state index in [0.717, 1.165) is 42.9 Å². The predicted octanol–water partition coefficient (Wildman–Crippen LogP) is 1.73. The smallest absolute Gasteiger partial charge is 0.254 e. The number of rotatable bonds is 3. The van der Waals surface area contributed by atoms with Gasteiger partial charge in [0, 0.05) is 32.4 Å². The van der Waals surface area contributed by atoms with E-state index >= 15 is 0 Å². The van der Waals surface area contributed by atoms with Gasteiger partial charge in [-0.05, 0) is 32.2 Å². The molecular weight excluding hydrogens is 264 g/mol. The molecular formula is C15H24N6. The number of hydrogen-bond acceptors (Lipinski definition) is 5. The van der Waals surface area contributed by atoms with Crippen molar-refractivity contribution in [3.63, 3.8) is 0 Å². The highest BCUT2D eigenvalue weighted by Gasteiger charge is 2.19. The second-order valence-corrected chi connectivity index (χ2v) is 6.37. The molecule has 0 spiro atoms. The van der Waals surface area contributed by atoms with Crippen LogP contribution in [0.4, 0.5) is 5.82 Å². The third-order valence-corrected chi connectivity index (χ3v) is 4.03. The molecule has 0 N–H and O–H groups in total. The van der Waals surface area contributed by atoms with Crippen LogP contribution in [0.3, 0.4) is 0 Å². The highest BCUT2D eigenvalue weighted by atomic mass is 15.4. The lowest BCUT2D eigenvalue weighted by atomic mass is 10.0. The van der Waals surface area contributed by atoms with Crippen LogP contribution in [0.15, 0.2) is 6.07 Å². The van der Waals surface area contributed by atoms with Crippen molar-refractivity contribution in [1.29, 1.82) is 0 Å². The van der Waals surface area contributed by atoms with Crippen molar-refractivity contribution < 1.29 is 0 Å². The molecule has 0 unspecified atom stereocenters. The molecule has 21 heavy (non-hydrogen) atoms. The van der Waals surface area contributed by atoms with Crippen LogP contribution in [-0.4, -0.2) is 51.7 Å². The number of piperidine rings is 1. The van der Waals surface area contributed by atoms with Crippen molar-refractivity contribution in [2.75, 3.05) is 32.1 Å². The van der Waals surface area contributed by atoms with E-state index < -0.39 is 0 Å². The summed E-state index contributed by atoms with van der Waals surface area (Å²) in [6.07, 6.45) is 2.61.